The third-order valence-electron chi connectivity index (χ3n) is 2.12. The summed E-state index contributed by atoms with van der Waals surface area (Å²) in [5, 5.41) is 1.44. The number of hydrogen-bond acceptors (Lipinski definition) is 0. The lowest BCUT2D eigenvalue weighted by atomic mass is 10.2. The van der Waals surface area contributed by atoms with Crippen molar-refractivity contribution in [3.8, 4) is 0 Å². The zero-order chi connectivity index (χ0) is 10.8. The first-order valence-electron chi connectivity index (χ1n) is 4.41. The molecule has 0 amide bonds. The van der Waals surface area contributed by atoms with Gasteiger partial charge in [0.15, 0.2) is 0 Å². The van der Waals surface area contributed by atoms with Crippen LogP contribution in [0, 0.1) is 0 Å². The Labute approximate surface area is 107 Å². The molecular formula is C11H8BrCl2N. The van der Waals surface area contributed by atoms with Crippen LogP contribution in [0.15, 0.2) is 41.1 Å². The van der Waals surface area contributed by atoms with E-state index < -0.39 is 0 Å². The Hall–Kier alpha value is -0.440. The van der Waals surface area contributed by atoms with Crippen LogP contribution in [0.5, 0.6) is 0 Å². The summed E-state index contributed by atoms with van der Waals surface area (Å²) >= 11 is 15.4. The molecule has 0 N–H and O–H groups in total. The van der Waals surface area contributed by atoms with E-state index >= 15 is 0 Å². The molecule has 0 aliphatic carbocycles. The second-order valence-electron chi connectivity index (χ2n) is 3.19. The Morgan fingerprint density at radius 2 is 2.00 bits per heavy atom. The van der Waals surface area contributed by atoms with Crippen molar-refractivity contribution >= 4 is 39.1 Å². The van der Waals surface area contributed by atoms with E-state index in [9.17, 15) is 0 Å². The topological polar surface area (TPSA) is 4.93 Å². The molecule has 0 aliphatic heterocycles. The van der Waals surface area contributed by atoms with Crippen molar-refractivity contribution in [2.45, 2.75) is 6.54 Å². The average Bonchev–Trinajstić information content (AvgIpc) is 2.58. The van der Waals surface area contributed by atoms with E-state index in [1.165, 1.54) is 0 Å². The van der Waals surface area contributed by atoms with Gasteiger partial charge in [-0.05, 0) is 51.8 Å². The van der Waals surface area contributed by atoms with Gasteiger partial charge in [0, 0.05) is 22.8 Å². The molecule has 15 heavy (non-hydrogen) atoms. The predicted molar refractivity (Wildman–Crippen MR) is 67.7 cm³/mol. The Kier molecular flexibility index (Phi) is 3.39. The van der Waals surface area contributed by atoms with Gasteiger partial charge in [-0.2, -0.15) is 0 Å². The molecule has 0 unspecified atom stereocenters. The van der Waals surface area contributed by atoms with Gasteiger partial charge in [0.25, 0.3) is 0 Å². The molecule has 1 heterocycles. The number of nitrogens with zero attached hydrogens (tertiary/aromatic N) is 1. The molecule has 1 nitrogen and oxygen atoms in total. The van der Waals surface area contributed by atoms with Gasteiger partial charge in [0.1, 0.15) is 0 Å². The molecule has 0 bridgehead atoms. The van der Waals surface area contributed by atoms with Crippen molar-refractivity contribution < 1.29 is 0 Å². The molecule has 0 aliphatic rings. The quantitative estimate of drug-likeness (QED) is 0.764. The fraction of sp³-hybridized carbons (Fsp3) is 0.0909. The number of benzene rings is 1. The Morgan fingerprint density at radius 3 is 2.67 bits per heavy atom. The summed E-state index contributed by atoms with van der Waals surface area (Å²) < 4.78 is 3.08. The largest absolute Gasteiger partial charge is 0.338 e. The van der Waals surface area contributed by atoms with E-state index in [2.05, 4.69) is 20.5 Å². The highest BCUT2D eigenvalue weighted by Crippen LogP contribution is 2.23. The normalized spacial score (nSPS) is 10.6. The van der Waals surface area contributed by atoms with Gasteiger partial charge in [-0.15, -0.1) is 0 Å². The molecule has 1 aromatic carbocycles. The zero-order valence-electron chi connectivity index (χ0n) is 7.75. The molecule has 0 fully saturated rings. The summed E-state index contributed by atoms with van der Waals surface area (Å²) in [5.41, 5.74) is 1.01. The molecule has 0 spiro atoms. The van der Waals surface area contributed by atoms with E-state index in [0.717, 1.165) is 15.2 Å². The minimum atomic E-state index is 0.706. The fourth-order valence-electron chi connectivity index (χ4n) is 1.37. The van der Waals surface area contributed by atoms with Crippen molar-refractivity contribution in [2.75, 3.05) is 0 Å². The van der Waals surface area contributed by atoms with Crippen LogP contribution < -0.4 is 0 Å². The smallest absolute Gasteiger partial charge is 0.0849 e. The molecule has 2 rings (SSSR count). The molecule has 0 saturated carbocycles. The van der Waals surface area contributed by atoms with E-state index in [-0.39, 0.29) is 0 Å². The first-order valence-corrected chi connectivity index (χ1v) is 5.96. The van der Waals surface area contributed by atoms with Gasteiger partial charge in [-0.25, -0.2) is 0 Å². The van der Waals surface area contributed by atoms with Crippen LogP contribution in [0.2, 0.25) is 10.0 Å². The lowest BCUT2D eigenvalue weighted by Crippen LogP contribution is -1.98. The third kappa shape index (κ3) is 2.57. The van der Waals surface area contributed by atoms with E-state index in [1.54, 1.807) is 6.07 Å². The highest BCUT2D eigenvalue weighted by Gasteiger charge is 2.03. The highest BCUT2D eigenvalue weighted by atomic mass is 79.9. The van der Waals surface area contributed by atoms with Gasteiger partial charge >= 0.3 is 0 Å². The lowest BCUT2D eigenvalue weighted by Gasteiger charge is -2.07. The maximum atomic E-state index is 6.08. The van der Waals surface area contributed by atoms with Gasteiger partial charge in [0.2, 0.25) is 0 Å². The first kappa shape index (κ1) is 11.1. The summed E-state index contributed by atoms with van der Waals surface area (Å²) in [7, 11) is 0. The Morgan fingerprint density at radius 1 is 1.20 bits per heavy atom. The van der Waals surface area contributed by atoms with Crippen LogP contribution in [-0.2, 0) is 6.54 Å². The fourth-order valence-corrected chi connectivity index (χ4v) is 2.14. The molecule has 2 aromatic rings. The number of hydrogen-bond donors (Lipinski definition) is 0. The molecule has 78 valence electrons. The average molecular weight is 305 g/mol. The van der Waals surface area contributed by atoms with Gasteiger partial charge in [0.05, 0.1) is 4.60 Å². The predicted octanol–water partition coefficient (Wildman–Crippen LogP) is 4.61. The summed E-state index contributed by atoms with van der Waals surface area (Å²) in [4.78, 5) is 0. The van der Waals surface area contributed by atoms with Crippen LogP contribution in [0.4, 0.5) is 0 Å². The molecule has 0 radical (unpaired) electrons. The van der Waals surface area contributed by atoms with Gasteiger partial charge < -0.3 is 4.57 Å². The number of aromatic nitrogens is 1. The maximum absolute atomic E-state index is 6.08. The number of halogens is 3. The first-order chi connectivity index (χ1) is 7.16. The van der Waals surface area contributed by atoms with Crippen molar-refractivity contribution in [1.82, 2.24) is 4.57 Å². The molecule has 0 saturated heterocycles. The second-order valence-corrected chi connectivity index (χ2v) is 4.85. The second kappa shape index (κ2) is 4.60. The van der Waals surface area contributed by atoms with Crippen LogP contribution in [-0.4, -0.2) is 4.57 Å². The van der Waals surface area contributed by atoms with Crippen molar-refractivity contribution in [1.29, 1.82) is 0 Å². The lowest BCUT2D eigenvalue weighted by molar-refractivity contribution is 0.788. The van der Waals surface area contributed by atoms with E-state index in [1.807, 2.05) is 30.5 Å². The zero-order valence-corrected chi connectivity index (χ0v) is 10.9. The molecule has 0 atom stereocenters. The minimum Gasteiger partial charge on any atom is -0.338 e. The van der Waals surface area contributed by atoms with Crippen LogP contribution >= 0.6 is 39.1 Å². The summed E-state index contributed by atoms with van der Waals surface area (Å²) in [6, 6.07) is 9.45. The van der Waals surface area contributed by atoms with Crippen molar-refractivity contribution in [3.05, 3.63) is 56.7 Å². The Bertz CT molecular complexity index is 479. The summed E-state index contributed by atoms with van der Waals surface area (Å²) in [5.74, 6) is 0. The highest BCUT2D eigenvalue weighted by molar-refractivity contribution is 9.10. The van der Waals surface area contributed by atoms with Crippen LogP contribution in [0.1, 0.15) is 5.56 Å². The monoisotopic (exact) mass is 303 g/mol. The van der Waals surface area contributed by atoms with Crippen LogP contribution in [0.3, 0.4) is 0 Å². The van der Waals surface area contributed by atoms with Crippen LogP contribution in [0.25, 0.3) is 0 Å². The molecule has 4 heteroatoms. The van der Waals surface area contributed by atoms with Crippen molar-refractivity contribution in [2.24, 2.45) is 0 Å². The molecular weight excluding hydrogens is 297 g/mol. The summed E-state index contributed by atoms with van der Waals surface area (Å²) in [6.07, 6.45) is 1.99. The van der Waals surface area contributed by atoms with Gasteiger partial charge in [-0.3, -0.25) is 0 Å². The SMILES string of the molecule is Clc1ccc(Cl)c(Cn2cccc2Br)c1. The Balaban J connectivity index is 2.32. The van der Waals surface area contributed by atoms with Crippen molar-refractivity contribution in [3.63, 3.8) is 0 Å². The standard InChI is InChI=1S/C11H8BrCl2N/c12-11-2-1-5-15(11)7-8-6-9(13)3-4-10(8)14/h1-6H,7H2. The minimum absolute atomic E-state index is 0.706. The molecule has 1 aromatic heterocycles. The van der Waals surface area contributed by atoms with E-state index in [4.69, 9.17) is 23.2 Å². The van der Waals surface area contributed by atoms with Gasteiger partial charge in [-0.1, -0.05) is 23.2 Å². The third-order valence-corrected chi connectivity index (χ3v) is 3.45. The summed E-state index contributed by atoms with van der Waals surface area (Å²) in [6.45, 7) is 0.715. The van der Waals surface area contributed by atoms with E-state index in [0.29, 0.717) is 11.6 Å². The number of rotatable bonds is 2. The maximum Gasteiger partial charge on any atom is 0.0849 e.